The highest BCUT2D eigenvalue weighted by molar-refractivity contribution is 9.10. The van der Waals surface area contributed by atoms with Gasteiger partial charge < -0.3 is 10.1 Å². The number of benzene rings is 2. The Morgan fingerprint density at radius 2 is 1.95 bits per heavy atom. The van der Waals surface area contributed by atoms with E-state index in [0.717, 1.165) is 30.8 Å². The summed E-state index contributed by atoms with van der Waals surface area (Å²) in [5.41, 5.74) is 1.16. The SMILES string of the molecule is CCCNCc1cccc(Oc2ccc(F)c(Br)c2)c1. The number of hydrogen-bond acceptors (Lipinski definition) is 2. The van der Waals surface area contributed by atoms with Gasteiger partial charge in [-0.2, -0.15) is 0 Å². The van der Waals surface area contributed by atoms with Gasteiger partial charge in [-0.05, 0) is 64.8 Å². The van der Waals surface area contributed by atoms with Gasteiger partial charge in [0.2, 0.25) is 0 Å². The van der Waals surface area contributed by atoms with Crippen molar-refractivity contribution >= 4 is 15.9 Å². The summed E-state index contributed by atoms with van der Waals surface area (Å²) in [5.74, 6) is 1.06. The topological polar surface area (TPSA) is 21.3 Å². The average Bonchev–Trinajstić information content (AvgIpc) is 2.44. The fraction of sp³-hybridized carbons (Fsp3) is 0.250. The number of hydrogen-bond donors (Lipinski definition) is 1. The second-order valence-corrected chi connectivity index (χ2v) is 5.36. The molecule has 0 saturated heterocycles. The Kier molecular flexibility index (Phi) is 5.56. The van der Waals surface area contributed by atoms with Crippen LogP contribution in [0.2, 0.25) is 0 Å². The van der Waals surface area contributed by atoms with E-state index in [-0.39, 0.29) is 5.82 Å². The van der Waals surface area contributed by atoms with Gasteiger partial charge in [-0.1, -0.05) is 19.1 Å². The normalized spacial score (nSPS) is 10.6. The zero-order chi connectivity index (χ0) is 14.4. The maximum absolute atomic E-state index is 13.2. The van der Waals surface area contributed by atoms with Crippen molar-refractivity contribution in [3.63, 3.8) is 0 Å². The summed E-state index contributed by atoms with van der Waals surface area (Å²) in [5, 5.41) is 3.35. The average molecular weight is 338 g/mol. The van der Waals surface area contributed by atoms with Gasteiger partial charge in [0, 0.05) is 6.54 Å². The Morgan fingerprint density at radius 3 is 2.70 bits per heavy atom. The molecule has 20 heavy (non-hydrogen) atoms. The molecule has 0 aliphatic heterocycles. The van der Waals surface area contributed by atoms with E-state index in [1.165, 1.54) is 6.07 Å². The number of halogens is 2. The smallest absolute Gasteiger partial charge is 0.137 e. The first-order valence-corrected chi connectivity index (χ1v) is 7.41. The standard InChI is InChI=1S/C16H17BrFNO/c1-2-8-19-11-12-4-3-5-13(9-12)20-14-6-7-16(18)15(17)10-14/h3-7,9-10,19H,2,8,11H2,1H3. The molecule has 0 amide bonds. The molecule has 2 nitrogen and oxygen atoms in total. The van der Waals surface area contributed by atoms with Gasteiger partial charge >= 0.3 is 0 Å². The predicted molar refractivity (Wildman–Crippen MR) is 82.6 cm³/mol. The van der Waals surface area contributed by atoms with Crippen molar-refractivity contribution in [1.29, 1.82) is 0 Å². The van der Waals surface area contributed by atoms with Gasteiger partial charge in [0.05, 0.1) is 4.47 Å². The lowest BCUT2D eigenvalue weighted by molar-refractivity contribution is 0.478. The molecule has 106 valence electrons. The lowest BCUT2D eigenvalue weighted by atomic mass is 10.2. The van der Waals surface area contributed by atoms with Gasteiger partial charge in [-0.3, -0.25) is 0 Å². The Hall–Kier alpha value is -1.39. The van der Waals surface area contributed by atoms with E-state index in [0.29, 0.717) is 10.2 Å². The van der Waals surface area contributed by atoms with Crippen LogP contribution in [0, 0.1) is 5.82 Å². The largest absolute Gasteiger partial charge is 0.457 e. The van der Waals surface area contributed by atoms with E-state index in [1.54, 1.807) is 12.1 Å². The molecule has 0 atom stereocenters. The second-order valence-electron chi connectivity index (χ2n) is 4.50. The van der Waals surface area contributed by atoms with Gasteiger partial charge in [-0.15, -0.1) is 0 Å². The highest BCUT2D eigenvalue weighted by Gasteiger charge is 2.03. The molecule has 0 heterocycles. The molecule has 0 aliphatic carbocycles. The van der Waals surface area contributed by atoms with Crippen LogP contribution in [0.4, 0.5) is 4.39 Å². The van der Waals surface area contributed by atoms with Crippen LogP contribution in [0.3, 0.4) is 0 Å². The van der Waals surface area contributed by atoms with E-state index >= 15 is 0 Å². The van der Waals surface area contributed by atoms with E-state index in [9.17, 15) is 4.39 Å². The maximum Gasteiger partial charge on any atom is 0.137 e. The third-order valence-electron chi connectivity index (χ3n) is 2.78. The minimum absolute atomic E-state index is 0.296. The Morgan fingerprint density at radius 1 is 1.15 bits per heavy atom. The zero-order valence-electron chi connectivity index (χ0n) is 11.3. The van der Waals surface area contributed by atoms with Crippen molar-refractivity contribution in [2.24, 2.45) is 0 Å². The van der Waals surface area contributed by atoms with Gasteiger partial charge in [0.15, 0.2) is 0 Å². The molecular formula is C16H17BrFNO. The molecule has 0 aliphatic rings. The van der Waals surface area contributed by atoms with Crippen LogP contribution >= 0.6 is 15.9 Å². The van der Waals surface area contributed by atoms with Crippen LogP contribution in [0.5, 0.6) is 11.5 Å². The van der Waals surface area contributed by atoms with Crippen molar-refractivity contribution < 1.29 is 9.13 Å². The van der Waals surface area contributed by atoms with E-state index < -0.39 is 0 Å². The first kappa shape index (κ1) is 15.0. The highest BCUT2D eigenvalue weighted by atomic mass is 79.9. The van der Waals surface area contributed by atoms with Gasteiger partial charge in [-0.25, -0.2) is 4.39 Å². The number of ether oxygens (including phenoxy) is 1. The Balaban J connectivity index is 2.05. The molecule has 0 bridgehead atoms. The molecule has 2 rings (SSSR count). The summed E-state index contributed by atoms with van der Waals surface area (Å²) in [6, 6.07) is 12.5. The van der Waals surface area contributed by atoms with Crippen LogP contribution < -0.4 is 10.1 Å². The quantitative estimate of drug-likeness (QED) is 0.758. The summed E-state index contributed by atoms with van der Waals surface area (Å²) in [4.78, 5) is 0. The molecule has 0 spiro atoms. The molecular weight excluding hydrogens is 321 g/mol. The Labute approximate surface area is 127 Å². The fourth-order valence-corrected chi connectivity index (χ4v) is 2.16. The molecule has 2 aromatic carbocycles. The molecule has 0 radical (unpaired) electrons. The minimum atomic E-state index is -0.296. The Bertz CT molecular complexity index is 574. The zero-order valence-corrected chi connectivity index (χ0v) is 12.9. The summed E-state index contributed by atoms with van der Waals surface area (Å²) in [7, 11) is 0. The molecule has 0 unspecified atom stereocenters. The molecule has 2 aromatic rings. The number of rotatable bonds is 6. The summed E-state index contributed by atoms with van der Waals surface area (Å²) in [6.07, 6.45) is 1.11. The van der Waals surface area contributed by atoms with E-state index in [2.05, 4.69) is 34.2 Å². The monoisotopic (exact) mass is 337 g/mol. The van der Waals surface area contributed by atoms with Crippen molar-refractivity contribution in [1.82, 2.24) is 5.32 Å². The second kappa shape index (κ2) is 7.41. The van der Waals surface area contributed by atoms with Crippen LogP contribution in [-0.2, 0) is 6.54 Å². The predicted octanol–water partition coefficient (Wildman–Crippen LogP) is 4.88. The molecule has 4 heteroatoms. The maximum atomic E-state index is 13.2. The lowest BCUT2D eigenvalue weighted by Gasteiger charge is -2.09. The summed E-state index contributed by atoms with van der Waals surface area (Å²) < 4.78 is 19.3. The molecule has 0 saturated carbocycles. The summed E-state index contributed by atoms with van der Waals surface area (Å²) >= 11 is 3.15. The van der Waals surface area contributed by atoms with Crippen molar-refractivity contribution in [3.05, 3.63) is 58.3 Å². The first-order chi connectivity index (χ1) is 9.69. The van der Waals surface area contributed by atoms with Crippen molar-refractivity contribution in [3.8, 4) is 11.5 Å². The van der Waals surface area contributed by atoms with Gasteiger partial charge in [0.1, 0.15) is 17.3 Å². The van der Waals surface area contributed by atoms with Crippen LogP contribution in [-0.4, -0.2) is 6.54 Å². The minimum Gasteiger partial charge on any atom is -0.457 e. The van der Waals surface area contributed by atoms with Gasteiger partial charge in [0.25, 0.3) is 0 Å². The molecule has 0 aromatic heterocycles. The van der Waals surface area contributed by atoms with Crippen LogP contribution in [0.15, 0.2) is 46.9 Å². The van der Waals surface area contributed by atoms with Crippen LogP contribution in [0.1, 0.15) is 18.9 Å². The van der Waals surface area contributed by atoms with Crippen LogP contribution in [0.25, 0.3) is 0 Å². The molecule has 0 fully saturated rings. The van der Waals surface area contributed by atoms with E-state index in [4.69, 9.17) is 4.74 Å². The lowest BCUT2D eigenvalue weighted by Crippen LogP contribution is -2.13. The van der Waals surface area contributed by atoms with E-state index in [1.807, 2.05) is 18.2 Å². The number of nitrogens with one attached hydrogen (secondary N) is 1. The first-order valence-electron chi connectivity index (χ1n) is 6.61. The third-order valence-corrected chi connectivity index (χ3v) is 3.39. The third kappa shape index (κ3) is 4.32. The molecule has 1 N–H and O–H groups in total. The highest BCUT2D eigenvalue weighted by Crippen LogP contribution is 2.26. The fourth-order valence-electron chi connectivity index (χ4n) is 1.80. The van der Waals surface area contributed by atoms with Crippen molar-refractivity contribution in [2.75, 3.05) is 6.54 Å². The summed E-state index contributed by atoms with van der Waals surface area (Å²) in [6.45, 7) is 3.95. The van der Waals surface area contributed by atoms with Crippen molar-refractivity contribution in [2.45, 2.75) is 19.9 Å².